The number of aromatic nitrogens is 2. The van der Waals surface area contributed by atoms with E-state index in [2.05, 4.69) is 10.4 Å². The molecule has 0 radical (unpaired) electrons. The van der Waals surface area contributed by atoms with Crippen LogP contribution in [0.25, 0.3) is 10.6 Å². The van der Waals surface area contributed by atoms with Gasteiger partial charge in [0.05, 0.1) is 6.04 Å². The molecule has 1 amide bonds. The number of aryl methyl sites for hydroxylation is 1. The van der Waals surface area contributed by atoms with Crippen LogP contribution in [0.3, 0.4) is 0 Å². The third kappa shape index (κ3) is 5.01. The van der Waals surface area contributed by atoms with Crippen LogP contribution in [0.5, 0.6) is 0 Å². The monoisotopic (exact) mass is 406 g/mol. The van der Waals surface area contributed by atoms with E-state index in [1.165, 1.54) is 32.1 Å². The number of nitrogens with zero attached hydrogens (tertiary/aromatic N) is 3. The maximum absolute atomic E-state index is 12.4. The summed E-state index contributed by atoms with van der Waals surface area (Å²) < 4.78 is 1.87. The Balaban J connectivity index is 1.44. The Labute approximate surface area is 175 Å². The lowest BCUT2D eigenvalue weighted by atomic mass is 9.96. The summed E-state index contributed by atoms with van der Waals surface area (Å²) in [5, 5.41) is 8.53. The van der Waals surface area contributed by atoms with E-state index in [0.29, 0.717) is 18.2 Å². The molecule has 5 nitrogen and oxygen atoms in total. The molecule has 1 fully saturated rings. The number of benzene rings is 2. The van der Waals surface area contributed by atoms with Gasteiger partial charge in [-0.3, -0.25) is 9.79 Å². The molecule has 1 heterocycles. The molecule has 1 aliphatic rings. The molecule has 29 heavy (non-hydrogen) atoms. The normalized spacial score (nSPS) is 15.4. The van der Waals surface area contributed by atoms with Gasteiger partial charge in [-0.2, -0.15) is 5.10 Å². The summed E-state index contributed by atoms with van der Waals surface area (Å²) in [4.78, 5) is 18.3. The fraction of sp³-hybridized carbons (Fsp3) is 0.348. The van der Waals surface area contributed by atoms with Crippen molar-refractivity contribution in [3.8, 4) is 10.6 Å². The number of hydrogen-bond acceptors (Lipinski definition) is 4. The van der Waals surface area contributed by atoms with Gasteiger partial charge in [-0.1, -0.05) is 73.1 Å². The van der Waals surface area contributed by atoms with Crippen LogP contribution in [0.4, 0.5) is 0 Å². The molecule has 1 aliphatic carbocycles. The molecule has 4 rings (SSSR count). The molecule has 6 heteroatoms. The summed E-state index contributed by atoms with van der Waals surface area (Å²) >= 11 is 1.61. The van der Waals surface area contributed by atoms with Crippen LogP contribution < -0.4 is 10.1 Å². The minimum atomic E-state index is -0.0712. The standard InChI is InChI=1S/C23H26N4OS/c1-27-23(25-20-10-6-3-7-11-20)29-22(26-27)19-14-12-18(13-15-19)21(28)24-16-17-8-4-2-5-9-17/h2,4-5,8-9,12-15,20H,3,6-7,10-11,16H2,1H3,(H,24,28)/b25-23+. The first-order valence-corrected chi connectivity index (χ1v) is 11.0. The zero-order valence-electron chi connectivity index (χ0n) is 16.7. The van der Waals surface area contributed by atoms with E-state index in [4.69, 9.17) is 4.99 Å². The molecular weight excluding hydrogens is 380 g/mol. The first-order valence-electron chi connectivity index (χ1n) is 10.2. The molecule has 1 N–H and O–H groups in total. The Morgan fingerprint density at radius 1 is 1.10 bits per heavy atom. The molecule has 1 saturated carbocycles. The van der Waals surface area contributed by atoms with Crippen molar-refractivity contribution >= 4 is 17.2 Å². The summed E-state index contributed by atoms with van der Waals surface area (Å²) in [6.45, 7) is 0.524. The first kappa shape index (κ1) is 19.6. The highest BCUT2D eigenvalue weighted by atomic mass is 32.1. The first-order chi connectivity index (χ1) is 14.2. The van der Waals surface area contributed by atoms with E-state index in [1.807, 2.05) is 66.3 Å². The summed E-state index contributed by atoms with van der Waals surface area (Å²) in [6, 6.07) is 18.0. The number of hydrogen-bond donors (Lipinski definition) is 1. The number of carbonyl (C=O) groups excluding carboxylic acids is 1. The minimum absolute atomic E-state index is 0.0712. The Morgan fingerprint density at radius 3 is 2.55 bits per heavy atom. The van der Waals surface area contributed by atoms with Crippen LogP contribution in [-0.2, 0) is 13.6 Å². The van der Waals surface area contributed by atoms with E-state index in [1.54, 1.807) is 11.3 Å². The van der Waals surface area contributed by atoms with Crippen molar-refractivity contribution in [3.05, 3.63) is 70.5 Å². The summed E-state index contributed by atoms with van der Waals surface area (Å²) in [5.74, 6) is -0.0712. The Hall–Kier alpha value is -2.73. The predicted molar refractivity (Wildman–Crippen MR) is 117 cm³/mol. The van der Waals surface area contributed by atoms with Crippen LogP contribution in [-0.4, -0.2) is 21.7 Å². The zero-order chi connectivity index (χ0) is 20.1. The average molecular weight is 407 g/mol. The largest absolute Gasteiger partial charge is 0.348 e. The average Bonchev–Trinajstić information content (AvgIpc) is 3.14. The quantitative estimate of drug-likeness (QED) is 0.686. The van der Waals surface area contributed by atoms with Crippen LogP contribution in [0.2, 0.25) is 0 Å². The smallest absolute Gasteiger partial charge is 0.251 e. The highest BCUT2D eigenvalue weighted by Crippen LogP contribution is 2.22. The molecule has 0 spiro atoms. The van der Waals surface area contributed by atoms with Crippen LogP contribution >= 0.6 is 11.3 Å². The van der Waals surface area contributed by atoms with Crippen molar-refractivity contribution in [2.45, 2.75) is 44.7 Å². The Kier molecular flexibility index (Phi) is 6.20. The molecule has 3 aromatic rings. The molecule has 0 unspecified atom stereocenters. The van der Waals surface area contributed by atoms with Gasteiger partial charge in [-0.25, -0.2) is 4.68 Å². The number of nitrogens with one attached hydrogen (secondary N) is 1. The summed E-state index contributed by atoms with van der Waals surface area (Å²) in [6.07, 6.45) is 6.24. The zero-order valence-corrected chi connectivity index (χ0v) is 17.5. The Bertz CT molecular complexity index is 1020. The molecule has 0 saturated heterocycles. The van der Waals surface area contributed by atoms with E-state index in [-0.39, 0.29) is 5.91 Å². The van der Waals surface area contributed by atoms with Crippen molar-refractivity contribution in [3.63, 3.8) is 0 Å². The van der Waals surface area contributed by atoms with Gasteiger partial charge in [0.15, 0.2) is 0 Å². The lowest BCUT2D eigenvalue weighted by Gasteiger charge is -2.16. The fourth-order valence-corrected chi connectivity index (χ4v) is 4.55. The molecule has 2 aromatic carbocycles. The van der Waals surface area contributed by atoms with Crippen molar-refractivity contribution in [2.75, 3.05) is 0 Å². The second-order valence-electron chi connectivity index (χ2n) is 7.48. The van der Waals surface area contributed by atoms with Gasteiger partial charge in [0, 0.05) is 24.7 Å². The van der Waals surface area contributed by atoms with Gasteiger partial charge in [0.25, 0.3) is 5.91 Å². The van der Waals surface area contributed by atoms with E-state index in [9.17, 15) is 4.79 Å². The third-order valence-corrected chi connectivity index (χ3v) is 6.33. The van der Waals surface area contributed by atoms with Gasteiger partial charge < -0.3 is 5.32 Å². The van der Waals surface area contributed by atoms with Crippen LogP contribution in [0, 0.1) is 0 Å². The van der Waals surface area contributed by atoms with Gasteiger partial charge in [-0.15, -0.1) is 0 Å². The van der Waals surface area contributed by atoms with Gasteiger partial charge in [-0.05, 0) is 30.5 Å². The van der Waals surface area contributed by atoms with Crippen LogP contribution in [0.15, 0.2) is 59.6 Å². The van der Waals surface area contributed by atoms with E-state index < -0.39 is 0 Å². The lowest BCUT2D eigenvalue weighted by molar-refractivity contribution is 0.0951. The summed E-state index contributed by atoms with van der Waals surface area (Å²) in [7, 11) is 1.95. The van der Waals surface area contributed by atoms with Crippen molar-refractivity contribution in [1.82, 2.24) is 15.1 Å². The van der Waals surface area contributed by atoms with Crippen molar-refractivity contribution in [2.24, 2.45) is 12.0 Å². The number of amides is 1. The molecule has 0 bridgehead atoms. The second kappa shape index (κ2) is 9.18. The lowest BCUT2D eigenvalue weighted by Crippen LogP contribution is -2.22. The summed E-state index contributed by atoms with van der Waals surface area (Å²) in [5.41, 5.74) is 2.75. The molecule has 0 atom stereocenters. The molecular formula is C23H26N4OS. The third-order valence-electron chi connectivity index (χ3n) is 5.26. The molecule has 0 aliphatic heterocycles. The second-order valence-corrected chi connectivity index (χ2v) is 8.44. The predicted octanol–water partition coefficient (Wildman–Crippen LogP) is 4.31. The van der Waals surface area contributed by atoms with Gasteiger partial charge >= 0.3 is 0 Å². The fourth-order valence-electron chi connectivity index (χ4n) is 3.59. The van der Waals surface area contributed by atoms with Crippen molar-refractivity contribution < 1.29 is 4.79 Å². The van der Waals surface area contributed by atoms with Gasteiger partial charge in [0.2, 0.25) is 4.80 Å². The number of rotatable bonds is 5. The highest BCUT2D eigenvalue weighted by molar-refractivity contribution is 7.12. The topological polar surface area (TPSA) is 59.3 Å². The van der Waals surface area contributed by atoms with Crippen LogP contribution in [0.1, 0.15) is 48.0 Å². The SMILES string of the molecule is Cn1nc(-c2ccc(C(=O)NCc3ccccc3)cc2)s/c1=N/C1CCCCC1. The molecule has 150 valence electrons. The van der Waals surface area contributed by atoms with Gasteiger partial charge in [0.1, 0.15) is 5.01 Å². The van der Waals surface area contributed by atoms with E-state index in [0.717, 1.165) is 20.9 Å². The Morgan fingerprint density at radius 2 is 1.83 bits per heavy atom. The van der Waals surface area contributed by atoms with E-state index >= 15 is 0 Å². The number of carbonyl (C=O) groups is 1. The highest BCUT2D eigenvalue weighted by Gasteiger charge is 2.13. The van der Waals surface area contributed by atoms with Crippen molar-refractivity contribution in [1.29, 1.82) is 0 Å². The maximum Gasteiger partial charge on any atom is 0.251 e. The maximum atomic E-state index is 12.4. The minimum Gasteiger partial charge on any atom is -0.348 e. The molecule has 1 aromatic heterocycles.